The second-order valence-electron chi connectivity index (χ2n) is 3.35. The zero-order chi connectivity index (χ0) is 10.7. The molecule has 78 valence electrons. The molecule has 15 heavy (non-hydrogen) atoms. The topological polar surface area (TPSA) is 29.9 Å². The fraction of sp³-hybridized carbons (Fsp3) is 0.250. The van der Waals surface area contributed by atoms with Crippen molar-refractivity contribution in [2.45, 2.75) is 13.5 Å². The molecule has 0 amide bonds. The highest BCUT2D eigenvalue weighted by Gasteiger charge is 2.07. The molecule has 2 rings (SSSR count). The summed E-state index contributed by atoms with van der Waals surface area (Å²) in [4.78, 5) is 4.53. The first-order chi connectivity index (χ1) is 7.36. The first-order valence-electron chi connectivity index (χ1n) is 5.17. The van der Waals surface area contributed by atoms with Gasteiger partial charge in [-0.15, -0.1) is 6.58 Å². The highest BCUT2D eigenvalue weighted by molar-refractivity contribution is 5.78. The van der Waals surface area contributed by atoms with E-state index in [4.69, 9.17) is 0 Å². The van der Waals surface area contributed by atoms with Crippen LogP contribution in [0.5, 0.6) is 0 Å². The van der Waals surface area contributed by atoms with E-state index in [9.17, 15) is 0 Å². The van der Waals surface area contributed by atoms with Crippen molar-refractivity contribution in [3.63, 3.8) is 0 Å². The van der Waals surface area contributed by atoms with E-state index in [2.05, 4.69) is 34.4 Å². The summed E-state index contributed by atoms with van der Waals surface area (Å²) in [6, 6.07) is 8.13. The fourth-order valence-corrected chi connectivity index (χ4v) is 1.68. The van der Waals surface area contributed by atoms with Crippen molar-refractivity contribution in [3.8, 4) is 0 Å². The monoisotopic (exact) mass is 201 g/mol. The van der Waals surface area contributed by atoms with Gasteiger partial charge < -0.3 is 9.88 Å². The van der Waals surface area contributed by atoms with Gasteiger partial charge in [-0.2, -0.15) is 0 Å². The SMILES string of the molecule is C=CCn1c(NCC)nc2ccccc21. The first kappa shape index (κ1) is 9.77. The maximum absolute atomic E-state index is 4.53. The molecule has 3 heteroatoms. The Morgan fingerprint density at radius 2 is 2.27 bits per heavy atom. The fourth-order valence-electron chi connectivity index (χ4n) is 1.68. The number of nitrogens with one attached hydrogen (secondary N) is 1. The van der Waals surface area contributed by atoms with Gasteiger partial charge in [0, 0.05) is 13.1 Å². The Hall–Kier alpha value is -1.77. The molecule has 0 aliphatic rings. The summed E-state index contributed by atoms with van der Waals surface area (Å²) >= 11 is 0. The van der Waals surface area contributed by atoms with E-state index in [0.717, 1.165) is 30.1 Å². The molecule has 1 aromatic carbocycles. The van der Waals surface area contributed by atoms with Gasteiger partial charge in [0.1, 0.15) is 0 Å². The molecule has 0 radical (unpaired) electrons. The number of aromatic nitrogens is 2. The van der Waals surface area contributed by atoms with E-state index in [1.54, 1.807) is 0 Å². The molecule has 2 aromatic rings. The molecule has 1 N–H and O–H groups in total. The predicted molar refractivity (Wildman–Crippen MR) is 64.1 cm³/mol. The predicted octanol–water partition coefficient (Wildman–Crippen LogP) is 2.65. The number of hydrogen-bond acceptors (Lipinski definition) is 2. The summed E-state index contributed by atoms with van der Waals surface area (Å²) in [6.45, 7) is 7.49. The van der Waals surface area contributed by atoms with Gasteiger partial charge >= 0.3 is 0 Å². The van der Waals surface area contributed by atoms with Gasteiger partial charge in [-0.1, -0.05) is 18.2 Å². The van der Waals surface area contributed by atoms with Crippen LogP contribution in [0.25, 0.3) is 11.0 Å². The third-order valence-electron chi connectivity index (χ3n) is 2.30. The van der Waals surface area contributed by atoms with Crippen LogP contribution in [-0.2, 0) is 6.54 Å². The van der Waals surface area contributed by atoms with Crippen molar-refractivity contribution >= 4 is 17.0 Å². The summed E-state index contributed by atoms with van der Waals surface area (Å²) < 4.78 is 2.13. The second kappa shape index (κ2) is 4.17. The first-order valence-corrected chi connectivity index (χ1v) is 5.17. The molecule has 0 saturated heterocycles. The van der Waals surface area contributed by atoms with E-state index in [1.165, 1.54) is 0 Å². The average Bonchev–Trinajstić information content (AvgIpc) is 2.59. The molecule has 1 aromatic heterocycles. The van der Waals surface area contributed by atoms with Crippen LogP contribution in [0.15, 0.2) is 36.9 Å². The largest absolute Gasteiger partial charge is 0.356 e. The minimum atomic E-state index is 0.781. The Bertz CT molecular complexity index is 471. The van der Waals surface area contributed by atoms with E-state index in [0.29, 0.717) is 0 Å². The Morgan fingerprint density at radius 3 is 3.00 bits per heavy atom. The number of hydrogen-bond donors (Lipinski definition) is 1. The van der Waals surface area contributed by atoms with Crippen molar-refractivity contribution < 1.29 is 0 Å². The van der Waals surface area contributed by atoms with Gasteiger partial charge in [-0.25, -0.2) is 4.98 Å². The minimum Gasteiger partial charge on any atom is -0.356 e. The van der Waals surface area contributed by atoms with Crippen molar-refractivity contribution in [2.75, 3.05) is 11.9 Å². The van der Waals surface area contributed by atoms with E-state index >= 15 is 0 Å². The molecule has 0 bridgehead atoms. The van der Waals surface area contributed by atoms with Gasteiger partial charge in [-0.3, -0.25) is 0 Å². The number of imidazole rings is 1. The quantitative estimate of drug-likeness (QED) is 0.771. The van der Waals surface area contributed by atoms with E-state index in [1.807, 2.05) is 24.3 Å². The molecule has 0 unspecified atom stereocenters. The van der Waals surface area contributed by atoms with Crippen LogP contribution in [0.2, 0.25) is 0 Å². The van der Waals surface area contributed by atoms with Crippen molar-refractivity contribution in [3.05, 3.63) is 36.9 Å². The number of anilines is 1. The summed E-state index contributed by atoms with van der Waals surface area (Å²) in [7, 11) is 0. The Kier molecular flexibility index (Phi) is 2.72. The van der Waals surface area contributed by atoms with Crippen LogP contribution in [0.3, 0.4) is 0 Å². The van der Waals surface area contributed by atoms with Crippen LogP contribution in [0.1, 0.15) is 6.92 Å². The number of rotatable bonds is 4. The molecule has 0 spiro atoms. The van der Waals surface area contributed by atoms with Gasteiger partial charge in [0.05, 0.1) is 11.0 Å². The molecule has 0 saturated carbocycles. The number of allylic oxidation sites excluding steroid dienone is 1. The molecule has 3 nitrogen and oxygen atoms in total. The smallest absolute Gasteiger partial charge is 0.204 e. The molecule has 0 aliphatic carbocycles. The van der Waals surface area contributed by atoms with Gasteiger partial charge in [0.2, 0.25) is 5.95 Å². The highest BCUT2D eigenvalue weighted by atomic mass is 15.2. The lowest BCUT2D eigenvalue weighted by molar-refractivity contribution is 0.851. The summed E-state index contributed by atoms with van der Waals surface area (Å²) in [5.74, 6) is 0.915. The average molecular weight is 201 g/mol. The molecule has 0 fully saturated rings. The third kappa shape index (κ3) is 1.73. The van der Waals surface area contributed by atoms with Crippen LogP contribution < -0.4 is 5.32 Å². The van der Waals surface area contributed by atoms with Crippen LogP contribution in [-0.4, -0.2) is 16.1 Å². The Balaban J connectivity index is 2.57. The third-order valence-corrected chi connectivity index (χ3v) is 2.30. The van der Waals surface area contributed by atoms with Crippen LogP contribution in [0.4, 0.5) is 5.95 Å². The molecular formula is C12H15N3. The summed E-state index contributed by atoms with van der Waals surface area (Å²) in [6.07, 6.45) is 1.88. The zero-order valence-electron chi connectivity index (χ0n) is 8.90. The number of nitrogens with zero attached hydrogens (tertiary/aromatic N) is 2. The van der Waals surface area contributed by atoms with Crippen molar-refractivity contribution in [2.24, 2.45) is 0 Å². The lowest BCUT2D eigenvalue weighted by Gasteiger charge is -2.06. The van der Waals surface area contributed by atoms with Crippen LogP contribution in [0, 0.1) is 0 Å². The molecule has 0 aliphatic heterocycles. The normalized spacial score (nSPS) is 10.5. The molecular weight excluding hydrogens is 186 g/mol. The summed E-state index contributed by atoms with van der Waals surface area (Å²) in [5.41, 5.74) is 2.17. The molecule has 0 atom stereocenters. The van der Waals surface area contributed by atoms with E-state index < -0.39 is 0 Å². The van der Waals surface area contributed by atoms with Gasteiger partial charge in [-0.05, 0) is 19.1 Å². The van der Waals surface area contributed by atoms with Crippen molar-refractivity contribution in [1.82, 2.24) is 9.55 Å². The Labute approximate surface area is 89.4 Å². The second-order valence-corrected chi connectivity index (χ2v) is 3.35. The number of benzene rings is 1. The van der Waals surface area contributed by atoms with Crippen LogP contribution >= 0.6 is 0 Å². The lowest BCUT2D eigenvalue weighted by atomic mass is 10.3. The van der Waals surface area contributed by atoms with Crippen molar-refractivity contribution in [1.29, 1.82) is 0 Å². The van der Waals surface area contributed by atoms with Gasteiger partial charge in [0.25, 0.3) is 0 Å². The van der Waals surface area contributed by atoms with Gasteiger partial charge in [0.15, 0.2) is 0 Å². The maximum Gasteiger partial charge on any atom is 0.204 e. The molecule has 1 heterocycles. The zero-order valence-corrected chi connectivity index (χ0v) is 8.90. The number of fused-ring (bicyclic) bond motifs is 1. The lowest BCUT2D eigenvalue weighted by Crippen LogP contribution is -2.05. The standard InChI is InChI=1S/C12H15N3/c1-3-9-15-11-8-6-5-7-10(11)14-12(15)13-4-2/h3,5-8H,1,4,9H2,2H3,(H,13,14). The van der Waals surface area contributed by atoms with E-state index in [-0.39, 0.29) is 0 Å². The maximum atomic E-state index is 4.53. The highest BCUT2D eigenvalue weighted by Crippen LogP contribution is 2.19. The minimum absolute atomic E-state index is 0.781. The number of para-hydroxylation sites is 2. The summed E-state index contributed by atoms with van der Waals surface area (Å²) in [5, 5.41) is 3.25. The Morgan fingerprint density at radius 1 is 1.47 bits per heavy atom.